The van der Waals surface area contributed by atoms with Gasteiger partial charge in [0.15, 0.2) is 0 Å². The first-order valence-corrected chi connectivity index (χ1v) is 4.64. The van der Waals surface area contributed by atoms with Gasteiger partial charge in [-0.15, -0.1) is 0 Å². The lowest BCUT2D eigenvalue weighted by Crippen LogP contribution is -2.20. The smallest absolute Gasteiger partial charge is 0.0676 e. The Kier molecular flexibility index (Phi) is 3.10. The summed E-state index contributed by atoms with van der Waals surface area (Å²) in [6.07, 6.45) is 0. The molecule has 0 radical (unpaired) electrons. The van der Waals surface area contributed by atoms with Crippen molar-refractivity contribution >= 4 is 17.5 Å². The van der Waals surface area contributed by atoms with Gasteiger partial charge in [0.25, 0.3) is 0 Å². The lowest BCUT2D eigenvalue weighted by molar-refractivity contribution is 0.593. The van der Waals surface area contributed by atoms with E-state index in [1.807, 2.05) is 30.3 Å². The van der Waals surface area contributed by atoms with Crippen molar-refractivity contribution in [1.82, 2.24) is 0 Å². The predicted molar refractivity (Wildman–Crippen MR) is 58.3 cm³/mol. The Morgan fingerprint density at radius 1 is 1.15 bits per heavy atom. The molecule has 0 saturated heterocycles. The van der Waals surface area contributed by atoms with E-state index in [1.54, 1.807) is 0 Å². The zero-order chi connectivity index (χ0) is 9.90. The number of halogens is 1. The highest BCUT2D eigenvalue weighted by atomic mass is 35.5. The summed E-state index contributed by atoms with van der Waals surface area (Å²) in [7, 11) is 0. The monoisotopic (exact) mass is 195 g/mol. The highest BCUT2D eigenvalue weighted by Crippen LogP contribution is 2.22. The topological polar surface area (TPSA) is 12.4 Å². The van der Waals surface area contributed by atoms with Crippen LogP contribution in [0, 0.1) is 5.41 Å². The number of benzene rings is 1. The molecule has 0 unspecified atom stereocenters. The lowest BCUT2D eigenvalue weighted by Gasteiger charge is -2.20. The van der Waals surface area contributed by atoms with Gasteiger partial charge >= 0.3 is 0 Å². The Bertz CT molecular complexity index is 296. The molecule has 0 aromatic heterocycles. The van der Waals surface area contributed by atoms with Crippen LogP contribution in [0.25, 0.3) is 0 Å². The first-order valence-electron chi connectivity index (χ1n) is 4.30. The summed E-state index contributed by atoms with van der Waals surface area (Å²) in [4.78, 5) is 0. The summed E-state index contributed by atoms with van der Waals surface area (Å²) in [5.74, 6) is 0. The molecule has 0 amide bonds. The highest BCUT2D eigenvalue weighted by Gasteiger charge is 2.20. The van der Waals surface area contributed by atoms with Crippen LogP contribution >= 0.6 is 11.8 Å². The molecule has 1 aromatic carbocycles. The molecule has 1 rings (SSSR count). The van der Waals surface area contributed by atoms with E-state index in [0.717, 1.165) is 11.3 Å². The fourth-order valence-electron chi connectivity index (χ4n) is 1.20. The summed E-state index contributed by atoms with van der Waals surface area (Å²) in [5, 5.41) is 0. The first-order chi connectivity index (χ1) is 6.05. The maximum absolute atomic E-state index is 5.57. The molecule has 0 aliphatic heterocycles. The van der Waals surface area contributed by atoms with Crippen molar-refractivity contribution in [3.63, 3.8) is 0 Å². The van der Waals surface area contributed by atoms with Crippen molar-refractivity contribution in [2.45, 2.75) is 20.8 Å². The van der Waals surface area contributed by atoms with Gasteiger partial charge in [-0.05, 0) is 5.56 Å². The third kappa shape index (κ3) is 2.56. The molecule has 0 aliphatic carbocycles. The van der Waals surface area contributed by atoms with Gasteiger partial charge in [-0.25, -0.2) is 0 Å². The first kappa shape index (κ1) is 10.3. The van der Waals surface area contributed by atoms with E-state index in [2.05, 4.69) is 25.3 Å². The Labute approximate surface area is 84.6 Å². The number of rotatable bonds is 1. The second-order valence-electron chi connectivity index (χ2n) is 4.05. The van der Waals surface area contributed by atoms with Crippen LogP contribution in [0.15, 0.2) is 34.8 Å². The van der Waals surface area contributed by atoms with Crippen LogP contribution in [-0.4, -0.2) is 5.71 Å². The largest absolute Gasteiger partial charge is 0.181 e. The molecule has 0 fully saturated rings. The number of hydrogen-bond donors (Lipinski definition) is 0. The molecule has 0 atom stereocenters. The predicted octanol–water partition coefficient (Wildman–Crippen LogP) is 3.68. The second-order valence-corrected chi connectivity index (χ2v) is 4.22. The average Bonchev–Trinajstić information content (AvgIpc) is 2.05. The minimum atomic E-state index is -0.0108. The summed E-state index contributed by atoms with van der Waals surface area (Å²) < 4.78 is 3.82. The molecule has 1 aromatic rings. The molecule has 0 bridgehead atoms. The molecule has 0 N–H and O–H groups in total. The van der Waals surface area contributed by atoms with Crippen LogP contribution in [0.4, 0.5) is 0 Å². The third-order valence-electron chi connectivity index (χ3n) is 1.84. The molecule has 13 heavy (non-hydrogen) atoms. The van der Waals surface area contributed by atoms with Crippen molar-refractivity contribution in [3.8, 4) is 0 Å². The molecule has 0 aliphatic rings. The van der Waals surface area contributed by atoms with Crippen molar-refractivity contribution < 1.29 is 0 Å². The quantitative estimate of drug-likeness (QED) is 0.607. The Morgan fingerprint density at radius 2 is 1.69 bits per heavy atom. The van der Waals surface area contributed by atoms with E-state index in [-0.39, 0.29) is 5.41 Å². The molecular formula is C11H14ClN. The van der Waals surface area contributed by atoms with Crippen molar-refractivity contribution in [2.24, 2.45) is 9.93 Å². The normalized spacial score (nSPS) is 13.1. The summed E-state index contributed by atoms with van der Waals surface area (Å²) in [6.45, 7) is 6.30. The standard InChI is InChI=1S/C11H14ClN/c1-11(2,3)10(13-12)9-7-5-4-6-8-9/h4-8H,1-3H3/b13-10-. The summed E-state index contributed by atoms with van der Waals surface area (Å²) in [6, 6.07) is 10.0. The molecule has 2 heteroatoms. The minimum Gasteiger partial charge on any atom is -0.181 e. The summed E-state index contributed by atoms with van der Waals surface area (Å²) >= 11 is 5.57. The van der Waals surface area contributed by atoms with Gasteiger partial charge in [0, 0.05) is 17.2 Å². The van der Waals surface area contributed by atoms with Crippen molar-refractivity contribution in [2.75, 3.05) is 0 Å². The highest BCUT2D eigenvalue weighted by molar-refractivity contribution is 6.23. The molecule has 1 nitrogen and oxygen atoms in total. The van der Waals surface area contributed by atoms with Crippen LogP contribution in [-0.2, 0) is 0 Å². The molecular weight excluding hydrogens is 182 g/mol. The van der Waals surface area contributed by atoms with Gasteiger partial charge in [0.2, 0.25) is 0 Å². The Hall–Kier alpha value is -0.820. The van der Waals surface area contributed by atoms with Gasteiger partial charge in [-0.3, -0.25) is 0 Å². The SMILES string of the molecule is CC(C)(C)/C(=N\Cl)c1ccccc1. The maximum Gasteiger partial charge on any atom is 0.0676 e. The van der Waals surface area contributed by atoms with Crippen LogP contribution in [0.2, 0.25) is 0 Å². The van der Waals surface area contributed by atoms with E-state index in [4.69, 9.17) is 11.8 Å². The lowest BCUT2D eigenvalue weighted by atomic mass is 9.86. The van der Waals surface area contributed by atoms with E-state index in [1.165, 1.54) is 0 Å². The van der Waals surface area contributed by atoms with E-state index >= 15 is 0 Å². The number of hydrogen-bond acceptors (Lipinski definition) is 1. The van der Waals surface area contributed by atoms with Crippen LogP contribution < -0.4 is 0 Å². The van der Waals surface area contributed by atoms with Crippen molar-refractivity contribution in [3.05, 3.63) is 35.9 Å². The third-order valence-corrected chi connectivity index (χ3v) is 2.01. The van der Waals surface area contributed by atoms with Crippen molar-refractivity contribution in [1.29, 1.82) is 0 Å². The van der Waals surface area contributed by atoms with Gasteiger partial charge in [-0.1, -0.05) is 51.1 Å². The average molecular weight is 196 g/mol. The summed E-state index contributed by atoms with van der Waals surface area (Å²) in [5.41, 5.74) is 2.00. The van der Waals surface area contributed by atoms with Gasteiger partial charge in [-0.2, -0.15) is 4.51 Å². The van der Waals surface area contributed by atoms with E-state index < -0.39 is 0 Å². The van der Waals surface area contributed by atoms with Crippen LogP contribution in [0.3, 0.4) is 0 Å². The fourth-order valence-corrected chi connectivity index (χ4v) is 1.56. The molecule has 0 spiro atoms. The van der Waals surface area contributed by atoms with Gasteiger partial charge < -0.3 is 0 Å². The van der Waals surface area contributed by atoms with Gasteiger partial charge in [0.05, 0.1) is 5.71 Å². The minimum absolute atomic E-state index is 0.0108. The zero-order valence-electron chi connectivity index (χ0n) is 8.21. The molecule has 0 heterocycles. The number of nitrogens with zero attached hydrogens (tertiary/aromatic N) is 1. The Balaban J connectivity index is 3.08. The zero-order valence-corrected chi connectivity index (χ0v) is 8.97. The van der Waals surface area contributed by atoms with Crippen LogP contribution in [0.5, 0.6) is 0 Å². The Morgan fingerprint density at radius 3 is 2.08 bits per heavy atom. The second kappa shape index (κ2) is 3.93. The van der Waals surface area contributed by atoms with Crippen LogP contribution in [0.1, 0.15) is 26.3 Å². The fraction of sp³-hybridized carbons (Fsp3) is 0.364. The maximum atomic E-state index is 5.57. The van der Waals surface area contributed by atoms with Gasteiger partial charge in [0.1, 0.15) is 0 Å². The van der Waals surface area contributed by atoms with E-state index in [9.17, 15) is 0 Å². The van der Waals surface area contributed by atoms with E-state index in [0.29, 0.717) is 0 Å². The molecule has 70 valence electrons. The molecule has 0 saturated carbocycles.